The normalized spacial score (nSPS) is 12.6. The average molecular weight is 280 g/mol. The van der Waals surface area contributed by atoms with Gasteiger partial charge in [-0.05, 0) is 17.7 Å². The van der Waals surface area contributed by atoms with Crippen LogP contribution in [0.15, 0.2) is 33.0 Å². The third kappa shape index (κ3) is 5.03. The van der Waals surface area contributed by atoms with Crippen LogP contribution in [0.25, 0.3) is 0 Å². The van der Waals surface area contributed by atoms with Gasteiger partial charge in [-0.2, -0.15) is 0 Å². The summed E-state index contributed by atoms with van der Waals surface area (Å²) in [6.07, 6.45) is 0. The standard InChI is InChI=1S/C7H6ClNO4S.2Na/c8-9-14(12,13)6-3-1-5(2-4-6)7(10)11;;/h1-4H,(H,10,11)(H,9,12,13);;/q;2*+1/p-2. The molecule has 0 aliphatic heterocycles. The Kier molecular flexibility index (Phi) is 9.71. The Balaban J connectivity index is 0. The molecule has 0 bridgehead atoms. The van der Waals surface area contributed by atoms with Gasteiger partial charge in [0.05, 0.1) is 5.97 Å². The van der Waals surface area contributed by atoms with Crippen LogP contribution < -0.4 is 64.2 Å². The van der Waals surface area contributed by atoms with Crippen molar-refractivity contribution >= 4 is 27.8 Å². The number of aromatic carboxylic acids is 1. The summed E-state index contributed by atoms with van der Waals surface area (Å²) in [5, 5.41) is 10.3. The van der Waals surface area contributed by atoms with Crippen LogP contribution in [0, 0.1) is 0 Å². The van der Waals surface area contributed by atoms with Crippen molar-refractivity contribution in [3.8, 4) is 0 Å². The number of halogens is 1. The zero-order chi connectivity index (χ0) is 10.8. The van der Waals surface area contributed by atoms with Gasteiger partial charge >= 0.3 is 59.1 Å². The first kappa shape index (κ1) is 19.2. The molecular weight excluding hydrogens is 276 g/mol. The first-order chi connectivity index (χ1) is 6.47. The molecule has 0 aliphatic carbocycles. The Morgan fingerprint density at radius 1 is 1.25 bits per heavy atom. The fourth-order valence-corrected chi connectivity index (χ4v) is 1.60. The molecule has 0 radical (unpaired) electrons. The molecule has 1 rings (SSSR count). The van der Waals surface area contributed by atoms with Crippen molar-refractivity contribution in [2.24, 2.45) is 3.88 Å². The molecule has 0 spiro atoms. The molecule has 9 heteroatoms. The van der Waals surface area contributed by atoms with Gasteiger partial charge < -0.3 is 14.5 Å². The van der Waals surface area contributed by atoms with Crippen molar-refractivity contribution in [1.82, 2.24) is 0 Å². The summed E-state index contributed by atoms with van der Waals surface area (Å²) in [6.45, 7) is 0. The molecule has 0 fully saturated rings. The van der Waals surface area contributed by atoms with Crippen molar-refractivity contribution in [1.29, 1.82) is 0 Å². The molecule has 0 N–H and O–H groups in total. The molecule has 16 heavy (non-hydrogen) atoms. The van der Waals surface area contributed by atoms with E-state index >= 15 is 0 Å². The molecule has 1 unspecified atom stereocenters. The predicted molar refractivity (Wildman–Crippen MR) is 46.2 cm³/mol. The first-order valence-corrected chi connectivity index (χ1v) is 5.15. The van der Waals surface area contributed by atoms with Gasteiger partial charge in [-0.15, -0.1) is 3.88 Å². The van der Waals surface area contributed by atoms with Crippen LogP contribution in [0.4, 0.5) is 0 Å². The second-order valence-electron chi connectivity index (χ2n) is 2.36. The van der Waals surface area contributed by atoms with E-state index in [-0.39, 0.29) is 69.6 Å². The molecule has 76 valence electrons. The van der Waals surface area contributed by atoms with E-state index in [9.17, 15) is 18.7 Å². The number of carbonyl (C=O) groups excluding carboxylic acids is 1. The first-order valence-electron chi connectivity index (χ1n) is 3.37. The summed E-state index contributed by atoms with van der Waals surface area (Å²) in [7, 11) is -3.86. The Morgan fingerprint density at radius 2 is 1.69 bits per heavy atom. The molecule has 0 saturated carbocycles. The quantitative estimate of drug-likeness (QED) is 0.504. The molecule has 5 nitrogen and oxygen atoms in total. The SMILES string of the molecule is O=C([O-])c1ccc(S(=O)([O-])=NCl)cc1.[Na+].[Na+]. The number of carboxylic acids is 1. The molecule has 1 aromatic rings. The number of benzene rings is 1. The van der Waals surface area contributed by atoms with Crippen molar-refractivity contribution in [2.75, 3.05) is 0 Å². The molecular formula is C7H4ClNNa2O4S. The van der Waals surface area contributed by atoms with Crippen molar-refractivity contribution in [2.45, 2.75) is 4.90 Å². The van der Waals surface area contributed by atoms with Crippen LogP contribution in [0.5, 0.6) is 0 Å². The van der Waals surface area contributed by atoms with Gasteiger partial charge in [0.2, 0.25) is 0 Å². The van der Waals surface area contributed by atoms with E-state index in [0.29, 0.717) is 0 Å². The topological polar surface area (TPSA) is 92.6 Å². The summed E-state index contributed by atoms with van der Waals surface area (Å²) in [4.78, 5) is 10.2. The summed E-state index contributed by atoms with van der Waals surface area (Å²) in [6, 6.07) is 4.38. The fraction of sp³-hybridized carbons (Fsp3) is 0. The van der Waals surface area contributed by atoms with Gasteiger partial charge in [0.1, 0.15) is 0 Å². The van der Waals surface area contributed by atoms with E-state index in [4.69, 9.17) is 11.8 Å². The van der Waals surface area contributed by atoms with Crippen LogP contribution in [0.2, 0.25) is 0 Å². The van der Waals surface area contributed by atoms with E-state index in [0.717, 1.165) is 24.3 Å². The molecule has 0 saturated heterocycles. The van der Waals surface area contributed by atoms with Crippen molar-refractivity contribution < 1.29 is 77.8 Å². The van der Waals surface area contributed by atoms with Crippen LogP contribution in [0.1, 0.15) is 10.4 Å². The second kappa shape index (κ2) is 8.07. The minimum absolute atomic E-state index is 0. The van der Waals surface area contributed by atoms with Crippen LogP contribution >= 0.6 is 11.8 Å². The molecule has 0 amide bonds. The largest absolute Gasteiger partial charge is 1.00 e. The third-order valence-electron chi connectivity index (χ3n) is 1.48. The van der Waals surface area contributed by atoms with Crippen LogP contribution in [0.3, 0.4) is 0 Å². The third-order valence-corrected chi connectivity index (χ3v) is 3.07. The minimum atomic E-state index is -3.86. The summed E-state index contributed by atoms with van der Waals surface area (Å²) < 4.78 is 24.7. The van der Waals surface area contributed by atoms with Gasteiger partial charge in [-0.25, -0.2) is 0 Å². The molecule has 0 heterocycles. The van der Waals surface area contributed by atoms with Gasteiger partial charge in [0.15, 0.2) is 0 Å². The smallest absolute Gasteiger partial charge is 0.759 e. The Hall–Kier alpha value is 0.890. The number of rotatable bonds is 2. The van der Waals surface area contributed by atoms with E-state index in [1.165, 1.54) is 0 Å². The molecule has 1 atom stereocenters. The Labute approximate surface area is 142 Å². The fourth-order valence-electron chi connectivity index (χ4n) is 0.803. The average Bonchev–Trinajstić information content (AvgIpc) is 2.18. The Bertz CT molecular complexity index is 470. The molecule has 1 aromatic carbocycles. The number of carbonyl (C=O) groups is 1. The zero-order valence-electron chi connectivity index (χ0n) is 8.68. The maximum absolute atomic E-state index is 11.0. The van der Waals surface area contributed by atoms with Gasteiger partial charge in [0, 0.05) is 26.7 Å². The summed E-state index contributed by atoms with van der Waals surface area (Å²) in [5.74, 6) is -1.38. The maximum atomic E-state index is 11.0. The van der Waals surface area contributed by atoms with Gasteiger partial charge in [-0.3, -0.25) is 4.21 Å². The second-order valence-corrected chi connectivity index (χ2v) is 4.33. The van der Waals surface area contributed by atoms with Gasteiger partial charge in [-0.1, -0.05) is 12.1 Å². The predicted octanol–water partition coefficient (Wildman–Crippen LogP) is -5.83. The van der Waals surface area contributed by atoms with E-state index < -0.39 is 16.0 Å². The number of nitrogens with zero attached hydrogens (tertiary/aromatic N) is 1. The van der Waals surface area contributed by atoms with Gasteiger partial charge in [0.25, 0.3) is 0 Å². The van der Waals surface area contributed by atoms with E-state index in [2.05, 4.69) is 3.88 Å². The Morgan fingerprint density at radius 3 is 2.00 bits per heavy atom. The van der Waals surface area contributed by atoms with Crippen LogP contribution in [-0.2, 0) is 10.0 Å². The zero-order valence-corrected chi connectivity index (χ0v) is 14.2. The van der Waals surface area contributed by atoms with Crippen molar-refractivity contribution in [3.63, 3.8) is 0 Å². The molecule has 0 aliphatic rings. The van der Waals surface area contributed by atoms with Crippen molar-refractivity contribution in [3.05, 3.63) is 29.8 Å². The minimum Gasteiger partial charge on any atom is -0.759 e. The summed E-state index contributed by atoms with van der Waals surface area (Å²) >= 11 is 4.84. The summed E-state index contributed by atoms with van der Waals surface area (Å²) in [5.41, 5.74) is -0.112. The van der Waals surface area contributed by atoms with Crippen LogP contribution in [-0.4, -0.2) is 14.7 Å². The monoisotopic (exact) mass is 279 g/mol. The number of carboxylic acid groups (broad SMARTS) is 1. The molecule has 0 aromatic heterocycles. The number of hydrogen-bond donors (Lipinski definition) is 0. The maximum Gasteiger partial charge on any atom is 1.00 e. The van der Waals surface area contributed by atoms with E-state index in [1.807, 2.05) is 0 Å². The number of hydrogen-bond acceptors (Lipinski definition) is 5. The van der Waals surface area contributed by atoms with E-state index in [1.54, 1.807) is 0 Å².